The van der Waals surface area contributed by atoms with Crippen LogP contribution in [-0.2, 0) is 10.1 Å². The number of hydrogen-bond acceptors (Lipinski definition) is 6. The topological polar surface area (TPSA) is 95.7 Å². The molecule has 0 fully saturated rings. The van der Waals surface area contributed by atoms with Crippen LogP contribution in [0.2, 0.25) is 0 Å². The molecule has 0 saturated heterocycles. The standard InChI is InChI=1S/C14H13NO6S/c1-10-8-13(6-7-14(10)15(16)17)22(18,19)21-12-5-3-4-11(9-12)20-2/h3-9H,1-2H3. The maximum absolute atomic E-state index is 12.2. The van der Waals surface area contributed by atoms with E-state index in [9.17, 15) is 18.5 Å². The van der Waals surface area contributed by atoms with Crippen molar-refractivity contribution in [1.82, 2.24) is 0 Å². The summed E-state index contributed by atoms with van der Waals surface area (Å²) in [4.78, 5) is 10.0. The Bertz CT molecular complexity index is 816. The Kier molecular flexibility index (Phi) is 4.32. The van der Waals surface area contributed by atoms with Crippen molar-refractivity contribution in [3.63, 3.8) is 0 Å². The van der Waals surface area contributed by atoms with Crippen molar-refractivity contribution < 1.29 is 22.3 Å². The number of nitro groups is 1. The zero-order valence-electron chi connectivity index (χ0n) is 11.8. The second kappa shape index (κ2) is 6.02. The minimum Gasteiger partial charge on any atom is -0.497 e. The van der Waals surface area contributed by atoms with Crippen LogP contribution in [-0.4, -0.2) is 20.5 Å². The minimum atomic E-state index is -4.08. The van der Waals surface area contributed by atoms with Gasteiger partial charge in [-0.25, -0.2) is 0 Å². The third kappa shape index (κ3) is 3.34. The van der Waals surface area contributed by atoms with Gasteiger partial charge in [0.2, 0.25) is 0 Å². The Morgan fingerprint density at radius 1 is 1.09 bits per heavy atom. The van der Waals surface area contributed by atoms with Crippen LogP contribution in [0.4, 0.5) is 5.69 Å². The van der Waals surface area contributed by atoms with E-state index >= 15 is 0 Å². The van der Waals surface area contributed by atoms with Gasteiger partial charge in [-0.2, -0.15) is 8.42 Å². The molecule has 8 heteroatoms. The Hall–Kier alpha value is -2.61. The van der Waals surface area contributed by atoms with E-state index in [1.54, 1.807) is 12.1 Å². The zero-order chi connectivity index (χ0) is 16.3. The summed E-state index contributed by atoms with van der Waals surface area (Å²) in [6.07, 6.45) is 0. The Labute approximate surface area is 127 Å². The molecule has 0 saturated carbocycles. The monoisotopic (exact) mass is 323 g/mol. The summed E-state index contributed by atoms with van der Waals surface area (Å²) in [6.45, 7) is 1.46. The van der Waals surface area contributed by atoms with Gasteiger partial charge in [0.05, 0.1) is 12.0 Å². The molecule has 0 aliphatic heterocycles. The SMILES string of the molecule is COc1cccc(OS(=O)(=O)c2ccc([N+](=O)[O-])c(C)c2)c1. The highest BCUT2D eigenvalue weighted by Crippen LogP contribution is 2.26. The highest BCUT2D eigenvalue weighted by atomic mass is 32.2. The van der Waals surface area contributed by atoms with Gasteiger partial charge < -0.3 is 8.92 Å². The fraction of sp³-hybridized carbons (Fsp3) is 0.143. The van der Waals surface area contributed by atoms with Crippen molar-refractivity contribution in [2.45, 2.75) is 11.8 Å². The second-order valence-electron chi connectivity index (χ2n) is 4.42. The van der Waals surface area contributed by atoms with E-state index in [4.69, 9.17) is 8.92 Å². The third-order valence-corrected chi connectivity index (χ3v) is 4.14. The van der Waals surface area contributed by atoms with E-state index in [1.165, 1.54) is 32.2 Å². The van der Waals surface area contributed by atoms with Gasteiger partial charge in [-0.05, 0) is 31.2 Å². The summed E-state index contributed by atoms with van der Waals surface area (Å²) >= 11 is 0. The largest absolute Gasteiger partial charge is 0.497 e. The van der Waals surface area contributed by atoms with E-state index in [0.717, 1.165) is 12.1 Å². The summed E-state index contributed by atoms with van der Waals surface area (Å²) in [7, 11) is -2.63. The van der Waals surface area contributed by atoms with Crippen molar-refractivity contribution >= 4 is 15.8 Å². The number of aryl methyl sites for hydroxylation is 1. The molecule has 22 heavy (non-hydrogen) atoms. The highest BCUT2D eigenvalue weighted by molar-refractivity contribution is 7.87. The van der Waals surface area contributed by atoms with Crippen LogP contribution in [0, 0.1) is 17.0 Å². The molecule has 0 amide bonds. The number of nitro benzene ring substituents is 1. The van der Waals surface area contributed by atoms with Gasteiger partial charge in [-0.1, -0.05) is 6.07 Å². The smallest absolute Gasteiger partial charge is 0.339 e. The van der Waals surface area contributed by atoms with Gasteiger partial charge in [0.15, 0.2) is 0 Å². The Morgan fingerprint density at radius 2 is 1.77 bits per heavy atom. The van der Waals surface area contributed by atoms with E-state index in [-0.39, 0.29) is 21.9 Å². The number of ether oxygens (including phenoxy) is 1. The molecule has 0 bridgehead atoms. The molecule has 2 rings (SSSR count). The van der Waals surface area contributed by atoms with Crippen molar-refractivity contribution in [2.75, 3.05) is 7.11 Å². The highest BCUT2D eigenvalue weighted by Gasteiger charge is 2.20. The number of rotatable bonds is 5. The molecule has 0 N–H and O–H groups in total. The summed E-state index contributed by atoms with van der Waals surface area (Å²) < 4.78 is 34.4. The molecule has 0 unspecified atom stereocenters. The van der Waals surface area contributed by atoms with Crippen molar-refractivity contribution in [3.05, 3.63) is 58.1 Å². The molecule has 0 heterocycles. The molecule has 0 aromatic heterocycles. The van der Waals surface area contributed by atoms with E-state index in [1.807, 2.05) is 0 Å². The Balaban J connectivity index is 2.34. The van der Waals surface area contributed by atoms with Crippen molar-refractivity contribution in [2.24, 2.45) is 0 Å². The van der Waals surface area contributed by atoms with Crippen LogP contribution >= 0.6 is 0 Å². The predicted octanol–water partition coefficient (Wildman–Crippen LogP) is 2.68. The van der Waals surface area contributed by atoms with E-state index < -0.39 is 15.0 Å². The van der Waals surface area contributed by atoms with Gasteiger partial charge >= 0.3 is 10.1 Å². The van der Waals surface area contributed by atoms with Crippen molar-refractivity contribution in [1.29, 1.82) is 0 Å². The second-order valence-corrected chi connectivity index (χ2v) is 5.97. The number of benzene rings is 2. The average molecular weight is 323 g/mol. The number of nitrogens with zero attached hydrogens (tertiary/aromatic N) is 1. The first kappa shape index (κ1) is 15.8. The molecule has 0 radical (unpaired) electrons. The average Bonchev–Trinajstić information content (AvgIpc) is 2.46. The first-order chi connectivity index (χ1) is 10.3. The van der Waals surface area contributed by atoms with E-state index in [2.05, 4.69) is 0 Å². The van der Waals surface area contributed by atoms with E-state index in [0.29, 0.717) is 5.75 Å². The molecule has 2 aromatic rings. The van der Waals surface area contributed by atoms with Crippen LogP contribution in [0.15, 0.2) is 47.4 Å². The molecule has 116 valence electrons. The van der Waals surface area contributed by atoms with Gasteiger partial charge in [0.25, 0.3) is 5.69 Å². The molecule has 0 spiro atoms. The van der Waals surface area contributed by atoms with Crippen LogP contribution in [0.25, 0.3) is 0 Å². The summed E-state index contributed by atoms with van der Waals surface area (Å²) in [5.74, 6) is 0.544. The third-order valence-electron chi connectivity index (χ3n) is 2.90. The molecule has 0 atom stereocenters. The molecule has 2 aromatic carbocycles. The van der Waals surface area contributed by atoms with Gasteiger partial charge in [-0.3, -0.25) is 10.1 Å². The lowest BCUT2D eigenvalue weighted by Gasteiger charge is -2.08. The van der Waals surface area contributed by atoms with Gasteiger partial charge in [0.1, 0.15) is 16.4 Å². The van der Waals surface area contributed by atoms with Crippen molar-refractivity contribution in [3.8, 4) is 11.5 Å². The lowest BCUT2D eigenvalue weighted by molar-refractivity contribution is -0.385. The molecule has 0 aliphatic carbocycles. The maximum atomic E-state index is 12.2. The minimum absolute atomic E-state index is 0.0929. The molecule has 7 nitrogen and oxygen atoms in total. The van der Waals surface area contributed by atoms with Crippen LogP contribution < -0.4 is 8.92 Å². The van der Waals surface area contributed by atoms with Gasteiger partial charge in [0, 0.05) is 17.7 Å². The van der Waals surface area contributed by atoms with Crippen LogP contribution in [0.3, 0.4) is 0 Å². The summed E-state index contributed by atoms with van der Waals surface area (Å²) in [6, 6.07) is 9.61. The zero-order valence-corrected chi connectivity index (χ0v) is 12.7. The predicted molar refractivity (Wildman–Crippen MR) is 78.6 cm³/mol. The van der Waals surface area contributed by atoms with Crippen LogP contribution in [0.1, 0.15) is 5.56 Å². The Morgan fingerprint density at radius 3 is 2.36 bits per heavy atom. The quantitative estimate of drug-likeness (QED) is 0.477. The number of methoxy groups -OCH3 is 1. The normalized spacial score (nSPS) is 11.0. The lowest BCUT2D eigenvalue weighted by Crippen LogP contribution is -2.10. The first-order valence-corrected chi connectivity index (χ1v) is 7.58. The molecular formula is C14H13NO6S. The van der Waals surface area contributed by atoms with Gasteiger partial charge in [-0.15, -0.1) is 0 Å². The number of hydrogen-bond donors (Lipinski definition) is 0. The fourth-order valence-electron chi connectivity index (χ4n) is 1.82. The van der Waals surface area contributed by atoms with Crippen LogP contribution in [0.5, 0.6) is 11.5 Å². The summed E-state index contributed by atoms with van der Waals surface area (Å²) in [5.41, 5.74) is 0.0839. The molecule has 0 aliphatic rings. The summed E-state index contributed by atoms with van der Waals surface area (Å²) in [5, 5.41) is 10.8. The maximum Gasteiger partial charge on any atom is 0.339 e. The fourth-order valence-corrected chi connectivity index (χ4v) is 2.83. The first-order valence-electron chi connectivity index (χ1n) is 6.17. The lowest BCUT2D eigenvalue weighted by atomic mass is 10.2. The molecular weight excluding hydrogens is 310 g/mol.